The molecule has 3 aliphatic carbocycles. The van der Waals surface area contributed by atoms with Gasteiger partial charge in [-0.2, -0.15) is 0 Å². The molecule has 1 unspecified atom stereocenters. The molecule has 11 atom stereocenters. The molecular formula is C22H34N2O3. The van der Waals surface area contributed by atoms with Crippen LogP contribution in [-0.2, 0) is 4.74 Å². The Balaban J connectivity index is 1.36. The standard InChI is InChI=1S/C22H34N2O3/c1-11(10-25)15-7-18-22(26)8-13(15)9-24(18)4-3-14-19-16-5-12(6-17(16)27-2)20(19)23-21(14)22/h11-13,15-20,23,25-26H,3-10H2,1-2H3/t11-,12-,13-,15-,16-,17+,18-,19+,20+,22-/m1/s1. The molecule has 3 N–H and O–H groups in total. The van der Waals surface area contributed by atoms with Crippen molar-refractivity contribution in [1.29, 1.82) is 0 Å². The quantitative estimate of drug-likeness (QED) is 0.696. The molecule has 27 heavy (non-hydrogen) atoms. The van der Waals surface area contributed by atoms with E-state index in [1.54, 1.807) is 5.57 Å². The van der Waals surface area contributed by atoms with Crippen molar-refractivity contribution in [2.45, 2.75) is 62.8 Å². The SMILES string of the molecule is CO[C@H]1C[C@H]2C[C@H]1[C@@H]1C3=C(N[C@@H]21)[C@@]1(O)C[C@@H]2CN(CC3)[C@@H]1C[C@@H]2[C@H](C)CO. The number of nitrogens with one attached hydrogen (secondary N) is 1. The number of rotatable bonds is 3. The van der Waals surface area contributed by atoms with Gasteiger partial charge in [0.05, 0.1) is 6.10 Å². The fraction of sp³-hybridized carbons (Fsp3) is 0.909. The summed E-state index contributed by atoms with van der Waals surface area (Å²) in [4.78, 5) is 2.57. The summed E-state index contributed by atoms with van der Waals surface area (Å²) in [6.45, 7) is 4.64. The summed E-state index contributed by atoms with van der Waals surface area (Å²) in [7, 11) is 1.87. The second-order valence-electron chi connectivity index (χ2n) is 10.5. The van der Waals surface area contributed by atoms with Gasteiger partial charge in [-0.3, -0.25) is 4.90 Å². The topological polar surface area (TPSA) is 65.0 Å². The Bertz CT molecular complexity index is 680. The smallest absolute Gasteiger partial charge is 0.120 e. The summed E-state index contributed by atoms with van der Waals surface area (Å²) in [5, 5.41) is 25.6. The van der Waals surface area contributed by atoms with Crippen molar-refractivity contribution in [2.75, 3.05) is 26.8 Å². The molecule has 5 fully saturated rings. The first kappa shape index (κ1) is 17.3. The van der Waals surface area contributed by atoms with Gasteiger partial charge >= 0.3 is 0 Å². The van der Waals surface area contributed by atoms with Gasteiger partial charge in [-0.1, -0.05) is 6.92 Å². The van der Waals surface area contributed by atoms with Crippen LogP contribution in [0.1, 0.15) is 39.0 Å². The Morgan fingerprint density at radius 1 is 1.30 bits per heavy atom. The molecule has 0 radical (unpaired) electrons. The van der Waals surface area contributed by atoms with E-state index in [0.717, 1.165) is 32.4 Å². The zero-order valence-electron chi connectivity index (χ0n) is 16.6. The number of nitrogens with zero attached hydrogens (tertiary/aromatic N) is 1. The molecule has 5 heteroatoms. The fourth-order valence-corrected chi connectivity index (χ4v) is 8.40. The van der Waals surface area contributed by atoms with E-state index in [1.165, 1.54) is 18.5 Å². The Kier molecular flexibility index (Phi) is 3.65. The van der Waals surface area contributed by atoms with E-state index in [2.05, 4.69) is 17.1 Å². The van der Waals surface area contributed by atoms with E-state index < -0.39 is 5.60 Å². The molecule has 6 bridgehead atoms. The number of hydrogen-bond acceptors (Lipinski definition) is 5. The van der Waals surface area contributed by atoms with E-state index in [0.29, 0.717) is 47.7 Å². The molecule has 5 nitrogen and oxygen atoms in total. The van der Waals surface area contributed by atoms with Crippen LogP contribution in [0.2, 0.25) is 0 Å². The number of aliphatic hydroxyl groups is 2. The summed E-state index contributed by atoms with van der Waals surface area (Å²) in [5.74, 6) is 3.32. The highest BCUT2D eigenvalue weighted by Crippen LogP contribution is 2.60. The number of ether oxygens (including phenoxy) is 1. The Morgan fingerprint density at radius 3 is 2.89 bits per heavy atom. The molecule has 0 amide bonds. The van der Waals surface area contributed by atoms with E-state index in [1.807, 2.05) is 7.11 Å². The summed E-state index contributed by atoms with van der Waals surface area (Å²) in [6, 6.07) is 0.755. The number of fused-ring (bicyclic) bond motifs is 7. The van der Waals surface area contributed by atoms with E-state index in [4.69, 9.17) is 4.74 Å². The van der Waals surface area contributed by atoms with Crippen LogP contribution in [0.3, 0.4) is 0 Å². The van der Waals surface area contributed by atoms with Gasteiger partial charge in [-0.15, -0.1) is 0 Å². The summed E-state index contributed by atoms with van der Waals surface area (Å²) in [6.07, 6.45) is 5.90. The third-order valence-corrected chi connectivity index (χ3v) is 9.54. The lowest BCUT2D eigenvalue weighted by molar-refractivity contribution is -0.141. The van der Waals surface area contributed by atoms with Crippen LogP contribution < -0.4 is 5.32 Å². The lowest BCUT2D eigenvalue weighted by Crippen LogP contribution is -2.67. The van der Waals surface area contributed by atoms with Gasteiger partial charge in [0, 0.05) is 50.5 Å². The van der Waals surface area contributed by atoms with Gasteiger partial charge in [0.2, 0.25) is 0 Å². The van der Waals surface area contributed by atoms with Crippen LogP contribution in [0.25, 0.3) is 0 Å². The third kappa shape index (κ3) is 2.09. The molecule has 3 saturated carbocycles. The second kappa shape index (κ2) is 5.71. The summed E-state index contributed by atoms with van der Waals surface area (Å²) < 4.78 is 5.83. The van der Waals surface area contributed by atoms with Gasteiger partial charge in [0.25, 0.3) is 0 Å². The van der Waals surface area contributed by atoms with Crippen molar-refractivity contribution in [1.82, 2.24) is 10.2 Å². The molecule has 0 spiro atoms. The lowest BCUT2D eigenvalue weighted by Gasteiger charge is -2.58. The van der Waals surface area contributed by atoms with Crippen molar-refractivity contribution < 1.29 is 14.9 Å². The Morgan fingerprint density at radius 2 is 2.15 bits per heavy atom. The first-order chi connectivity index (χ1) is 13.0. The number of methoxy groups -OCH3 is 1. The van der Waals surface area contributed by atoms with Gasteiger partial charge in [0.15, 0.2) is 0 Å². The zero-order valence-corrected chi connectivity index (χ0v) is 16.6. The third-order valence-electron chi connectivity index (χ3n) is 9.54. The van der Waals surface area contributed by atoms with Gasteiger partial charge in [-0.25, -0.2) is 0 Å². The van der Waals surface area contributed by atoms with E-state index in [-0.39, 0.29) is 12.6 Å². The molecule has 0 aromatic rings. The zero-order chi connectivity index (χ0) is 18.5. The highest BCUT2D eigenvalue weighted by molar-refractivity contribution is 5.40. The van der Waals surface area contributed by atoms with Crippen molar-refractivity contribution in [2.24, 2.45) is 35.5 Å². The highest BCUT2D eigenvalue weighted by atomic mass is 16.5. The number of hydrogen-bond donors (Lipinski definition) is 3. The summed E-state index contributed by atoms with van der Waals surface area (Å²) in [5.41, 5.74) is 2.06. The fourth-order valence-electron chi connectivity index (χ4n) is 8.40. The number of aliphatic hydroxyl groups excluding tert-OH is 1. The summed E-state index contributed by atoms with van der Waals surface area (Å²) >= 11 is 0. The molecule has 7 rings (SSSR count). The minimum absolute atomic E-state index is 0.219. The molecule has 7 aliphatic rings. The first-order valence-corrected chi connectivity index (χ1v) is 11.1. The Labute approximate surface area is 162 Å². The molecule has 0 aromatic heterocycles. The molecule has 150 valence electrons. The van der Waals surface area contributed by atoms with Crippen molar-refractivity contribution >= 4 is 0 Å². The van der Waals surface area contributed by atoms with Gasteiger partial charge in [-0.05, 0) is 67.3 Å². The van der Waals surface area contributed by atoms with Crippen LogP contribution >= 0.6 is 0 Å². The van der Waals surface area contributed by atoms with Gasteiger partial charge < -0.3 is 20.3 Å². The Hall–Kier alpha value is -0.620. The first-order valence-electron chi connectivity index (χ1n) is 11.1. The monoisotopic (exact) mass is 374 g/mol. The molecule has 2 saturated heterocycles. The predicted molar refractivity (Wildman–Crippen MR) is 102 cm³/mol. The van der Waals surface area contributed by atoms with E-state index >= 15 is 0 Å². The highest BCUT2D eigenvalue weighted by Gasteiger charge is 2.64. The maximum atomic E-state index is 12.0. The minimum Gasteiger partial charge on any atom is -0.396 e. The molecule has 0 aromatic carbocycles. The maximum Gasteiger partial charge on any atom is 0.120 e. The van der Waals surface area contributed by atoms with Crippen LogP contribution in [0, 0.1) is 35.5 Å². The van der Waals surface area contributed by atoms with E-state index in [9.17, 15) is 10.2 Å². The molecule has 4 aliphatic heterocycles. The minimum atomic E-state index is -0.702. The largest absolute Gasteiger partial charge is 0.396 e. The molecule has 4 heterocycles. The van der Waals surface area contributed by atoms with Crippen molar-refractivity contribution in [3.8, 4) is 0 Å². The average Bonchev–Trinajstić information content (AvgIpc) is 3.34. The van der Waals surface area contributed by atoms with Crippen LogP contribution in [-0.4, -0.2) is 65.7 Å². The lowest BCUT2D eigenvalue weighted by atomic mass is 9.60. The second-order valence-corrected chi connectivity index (χ2v) is 10.5. The predicted octanol–water partition coefficient (Wildman–Crippen LogP) is 1.36. The number of piperidine rings is 2. The maximum absolute atomic E-state index is 12.0. The average molecular weight is 375 g/mol. The van der Waals surface area contributed by atoms with Crippen molar-refractivity contribution in [3.63, 3.8) is 0 Å². The van der Waals surface area contributed by atoms with Crippen LogP contribution in [0.15, 0.2) is 11.3 Å². The normalized spacial score (nSPS) is 55.9. The molecular weight excluding hydrogens is 340 g/mol. The van der Waals surface area contributed by atoms with Gasteiger partial charge in [0.1, 0.15) is 5.60 Å². The van der Waals surface area contributed by atoms with Crippen LogP contribution in [0.4, 0.5) is 0 Å². The van der Waals surface area contributed by atoms with Crippen LogP contribution in [0.5, 0.6) is 0 Å². The van der Waals surface area contributed by atoms with Crippen molar-refractivity contribution in [3.05, 3.63) is 11.3 Å².